The number of aldehydes is 1. The minimum absolute atomic E-state index is 0.0565. The summed E-state index contributed by atoms with van der Waals surface area (Å²) < 4.78 is 10.6. The number of halogens is 1. The number of rotatable bonds is 5. The van der Waals surface area contributed by atoms with E-state index in [0.29, 0.717) is 29.5 Å². The highest BCUT2D eigenvalue weighted by Crippen LogP contribution is 2.42. The topological polar surface area (TPSA) is 93.8 Å². The number of hydrogen-bond acceptors (Lipinski definition) is 8. The number of aromatic nitrogens is 2. The third-order valence-electron chi connectivity index (χ3n) is 4.10. The molecular weight excluding hydrogens is 346 g/mol. The zero-order valence-corrected chi connectivity index (χ0v) is 14.8. The number of fused-ring (bicyclic) bond motifs is 1. The van der Waals surface area contributed by atoms with Crippen LogP contribution in [0.2, 0.25) is 5.15 Å². The number of carbonyl (C=O) groups is 1. The molecular formula is C16H18ClN5O3. The van der Waals surface area contributed by atoms with E-state index in [9.17, 15) is 4.79 Å². The van der Waals surface area contributed by atoms with Gasteiger partial charge in [0.05, 0.1) is 14.2 Å². The van der Waals surface area contributed by atoms with E-state index in [1.54, 1.807) is 26.2 Å². The molecule has 0 saturated heterocycles. The van der Waals surface area contributed by atoms with Crippen molar-refractivity contribution in [3.05, 3.63) is 28.9 Å². The summed E-state index contributed by atoms with van der Waals surface area (Å²) in [7, 11) is 4.91. The molecule has 0 amide bonds. The van der Waals surface area contributed by atoms with Crippen LogP contribution in [0.4, 0.5) is 17.5 Å². The highest BCUT2D eigenvalue weighted by Gasteiger charge is 2.37. The summed E-state index contributed by atoms with van der Waals surface area (Å²) in [6.45, 7) is 0.411. The van der Waals surface area contributed by atoms with Gasteiger partial charge in [-0.15, -0.1) is 0 Å². The van der Waals surface area contributed by atoms with E-state index in [1.807, 2.05) is 23.1 Å². The Labute approximate surface area is 150 Å². The third-order valence-corrected chi connectivity index (χ3v) is 4.37. The summed E-state index contributed by atoms with van der Waals surface area (Å²) in [6.07, 6.45) is 0.270. The van der Waals surface area contributed by atoms with Crippen LogP contribution >= 0.6 is 11.6 Å². The number of nitrogen functional groups attached to an aromatic ring is 1. The Morgan fingerprint density at radius 3 is 2.64 bits per heavy atom. The zero-order valence-electron chi connectivity index (χ0n) is 14.1. The average molecular weight is 364 g/mol. The number of carbonyl (C=O) groups excluding carboxylic acids is 1. The molecule has 0 radical (unpaired) electrons. The second-order valence-electron chi connectivity index (χ2n) is 5.52. The van der Waals surface area contributed by atoms with Crippen LogP contribution in [-0.2, 0) is 11.3 Å². The number of nitrogens with two attached hydrogens (primary N) is 1. The van der Waals surface area contributed by atoms with E-state index in [0.717, 1.165) is 11.8 Å². The molecule has 2 aromatic rings. The number of anilines is 3. The molecule has 0 saturated carbocycles. The predicted octanol–water partition coefficient (Wildman–Crippen LogP) is 1.71. The average Bonchev–Trinajstić information content (AvgIpc) is 2.86. The normalized spacial score (nSPS) is 15.9. The van der Waals surface area contributed by atoms with Crippen LogP contribution in [-0.4, -0.2) is 43.7 Å². The first-order chi connectivity index (χ1) is 12.0. The van der Waals surface area contributed by atoms with Gasteiger partial charge < -0.3 is 25.0 Å². The third kappa shape index (κ3) is 2.89. The van der Waals surface area contributed by atoms with Crippen LogP contribution in [0, 0.1) is 0 Å². The molecule has 0 spiro atoms. The van der Waals surface area contributed by atoms with Crippen molar-refractivity contribution in [1.82, 2.24) is 9.97 Å². The van der Waals surface area contributed by atoms with Gasteiger partial charge in [-0.05, 0) is 17.7 Å². The molecule has 0 bridgehead atoms. The van der Waals surface area contributed by atoms with Crippen LogP contribution in [0.1, 0.15) is 5.56 Å². The van der Waals surface area contributed by atoms with Crippen molar-refractivity contribution in [2.75, 3.05) is 36.8 Å². The summed E-state index contributed by atoms with van der Waals surface area (Å²) in [5, 5.41) is 0.215. The van der Waals surface area contributed by atoms with Gasteiger partial charge in [0.1, 0.15) is 5.69 Å². The maximum absolute atomic E-state index is 11.7. The van der Waals surface area contributed by atoms with E-state index in [1.165, 1.54) is 0 Å². The van der Waals surface area contributed by atoms with E-state index < -0.39 is 6.17 Å². The van der Waals surface area contributed by atoms with Crippen molar-refractivity contribution in [3.8, 4) is 11.5 Å². The standard InChI is InChI=1S/C16H18ClN5O3/c1-21-12(8-23)22(15-13(21)14(17)19-16(18)20-15)7-9-4-5-10(24-2)11(6-9)25-3/h4-6,8,12H,7H2,1-3H3,(H2,18,19,20). The van der Waals surface area contributed by atoms with Gasteiger partial charge in [0.2, 0.25) is 5.95 Å². The van der Waals surface area contributed by atoms with Crippen LogP contribution in [0.15, 0.2) is 18.2 Å². The van der Waals surface area contributed by atoms with Crippen molar-refractivity contribution in [2.24, 2.45) is 0 Å². The molecule has 9 heteroatoms. The highest BCUT2D eigenvalue weighted by molar-refractivity contribution is 6.33. The summed E-state index contributed by atoms with van der Waals surface area (Å²) in [6, 6.07) is 5.56. The molecule has 2 N–H and O–H groups in total. The Morgan fingerprint density at radius 1 is 1.28 bits per heavy atom. The number of hydrogen-bond donors (Lipinski definition) is 1. The molecule has 1 atom stereocenters. The second kappa shape index (κ2) is 6.64. The number of methoxy groups -OCH3 is 2. The van der Waals surface area contributed by atoms with E-state index in [2.05, 4.69) is 9.97 Å². The van der Waals surface area contributed by atoms with Crippen molar-refractivity contribution >= 4 is 35.3 Å². The summed E-state index contributed by atoms with van der Waals surface area (Å²) in [4.78, 5) is 23.4. The van der Waals surface area contributed by atoms with E-state index in [4.69, 9.17) is 26.8 Å². The Kier molecular flexibility index (Phi) is 4.54. The molecule has 1 aliphatic rings. The van der Waals surface area contributed by atoms with Gasteiger partial charge in [0.15, 0.2) is 34.9 Å². The first-order valence-electron chi connectivity index (χ1n) is 7.48. The van der Waals surface area contributed by atoms with Crippen molar-refractivity contribution in [3.63, 3.8) is 0 Å². The lowest BCUT2D eigenvalue weighted by Gasteiger charge is -2.25. The first-order valence-corrected chi connectivity index (χ1v) is 7.86. The molecule has 1 unspecified atom stereocenters. The van der Waals surface area contributed by atoms with Crippen LogP contribution < -0.4 is 25.0 Å². The smallest absolute Gasteiger partial charge is 0.223 e. The Bertz CT molecular complexity index is 817. The van der Waals surface area contributed by atoms with Gasteiger partial charge in [0.25, 0.3) is 0 Å². The molecule has 0 fully saturated rings. The first kappa shape index (κ1) is 17.1. The SMILES string of the molecule is COc1ccc(CN2c3nc(N)nc(Cl)c3N(C)C2C=O)cc1OC. The number of nitrogens with zero attached hydrogens (tertiary/aromatic N) is 4. The second-order valence-corrected chi connectivity index (χ2v) is 5.88. The highest BCUT2D eigenvalue weighted by atomic mass is 35.5. The van der Waals surface area contributed by atoms with Crippen molar-refractivity contribution in [1.29, 1.82) is 0 Å². The predicted molar refractivity (Wildman–Crippen MR) is 95.4 cm³/mol. The summed E-state index contributed by atoms with van der Waals surface area (Å²) in [5.41, 5.74) is 7.22. The van der Waals surface area contributed by atoms with Gasteiger partial charge >= 0.3 is 0 Å². The van der Waals surface area contributed by atoms with Gasteiger partial charge in [-0.25, -0.2) is 0 Å². The van der Waals surface area contributed by atoms with Gasteiger partial charge in [-0.1, -0.05) is 17.7 Å². The maximum atomic E-state index is 11.7. The van der Waals surface area contributed by atoms with Crippen molar-refractivity contribution in [2.45, 2.75) is 12.7 Å². The molecule has 1 aliphatic heterocycles. The van der Waals surface area contributed by atoms with Crippen LogP contribution in [0.25, 0.3) is 0 Å². The minimum atomic E-state index is -0.559. The van der Waals surface area contributed by atoms with E-state index >= 15 is 0 Å². The van der Waals surface area contributed by atoms with Crippen LogP contribution in [0.3, 0.4) is 0 Å². The van der Waals surface area contributed by atoms with Crippen molar-refractivity contribution < 1.29 is 14.3 Å². The summed E-state index contributed by atoms with van der Waals surface area (Å²) in [5.74, 6) is 1.82. The largest absolute Gasteiger partial charge is 0.493 e. The zero-order chi connectivity index (χ0) is 18.1. The van der Waals surface area contributed by atoms with Crippen LogP contribution in [0.5, 0.6) is 11.5 Å². The molecule has 132 valence electrons. The Hall–Kier alpha value is -2.74. The number of ether oxygens (including phenoxy) is 2. The maximum Gasteiger partial charge on any atom is 0.223 e. The molecule has 3 rings (SSSR count). The van der Waals surface area contributed by atoms with Gasteiger partial charge in [0, 0.05) is 13.6 Å². The fourth-order valence-corrected chi connectivity index (χ4v) is 3.22. The van der Waals surface area contributed by atoms with Gasteiger partial charge in [-0.2, -0.15) is 9.97 Å². The van der Waals surface area contributed by atoms with Gasteiger partial charge in [-0.3, -0.25) is 4.79 Å². The molecule has 1 aromatic heterocycles. The lowest BCUT2D eigenvalue weighted by atomic mass is 10.2. The Balaban J connectivity index is 2.01. The number of benzene rings is 1. The lowest BCUT2D eigenvalue weighted by molar-refractivity contribution is -0.108. The monoisotopic (exact) mass is 363 g/mol. The molecule has 1 aromatic carbocycles. The number of likely N-dealkylation sites (N-methyl/N-ethyl adjacent to an activating group) is 1. The molecule has 25 heavy (non-hydrogen) atoms. The fraction of sp³-hybridized carbons (Fsp3) is 0.312. The quantitative estimate of drug-likeness (QED) is 0.633. The Morgan fingerprint density at radius 2 is 2.00 bits per heavy atom. The fourth-order valence-electron chi connectivity index (χ4n) is 2.91. The summed E-state index contributed by atoms with van der Waals surface area (Å²) >= 11 is 6.20. The lowest BCUT2D eigenvalue weighted by Crippen LogP contribution is -2.42. The minimum Gasteiger partial charge on any atom is -0.493 e. The van der Waals surface area contributed by atoms with E-state index in [-0.39, 0.29) is 11.1 Å². The molecule has 8 nitrogen and oxygen atoms in total. The molecule has 2 heterocycles. The molecule has 0 aliphatic carbocycles.